The number of amides is 2. The van der Waals surface area contributed by atoms with Gasteiger partial charge in [-0.15, -0.1) is 0 Å². The second-order valence-electron chi connectivity index (χ2n) is 10.0. The van der Waals surface area contributed by atoms with Crippen molar-refractivity contribution in [3.63, 3.8) is 0 Å². The van der Waals surface area contributed by atoms with Crippen molar-refractivity contribution < 1.29 is 28.2 Å². The molecule has 0 saturated heterocycles. The first kappa shape index (κ1) is 27.7. The van der Waals surface area contributed by atoms with Gasteiger partial charge in [-0.05, 0) is 24.8 Å². The molecule has 1 aromatic heterocycles. The first-order valence-electron chi connectivity index (χ1n) is 12.9. The van der Waals surface area contributed by atoms with Gasteiger partial charge in [-0.25, -0.2) is 8.78 Å². The highest BCUT2D eigenvalue weighted by Crippen LogP contribution is 2.31. The van der Waals surface area contributed by atoms with Crippen LogP contribution in [0.2, 0.25) is 0 Å². The van der Waals surface area contributed by atoms with Crippen LogP contribution in [0.15, 0.2) is 29.2 Å². The number of benzene rings is 1. The number of nitrogens with one attached hydrogen (secondary N) is 1. The number of rotatable bonds is 6. The van der Waals surface area contributed by atoms with E-state index in [9.17, 15) is 28.3 Å². The minimum Gasteiger partial charge on any atom is -0.503 e. The number of nitrogens with zero attached hydrogens (tertiary/aromatic N) is 3. The molecule has 206 valence electrons. The summed E-state index contributed by atoms with van der Waals surface area (Å²) in [5.74, 6) is -3.43. The van der Waals surface area contributed by atoms with Crippen molar-refractivity contribution >= 4 is 11.8 Å². The molecule has 2 aliphatic rings. The van der Waals surface area contributed by atoms with Crippen molar-refractivity contribution in [1.29, 1.82) is 0 Å². The number of fused-ring (bicyclic) bond motifs is 2. The molecule has 1 aromatic carbocycles. The summed E-state index contributed by atoms with van der Waals surface area (Å²) >= 11 is 0. The third-order valence-electron chi connectivity index (χ3n) is 7.61. The van der Waals surface area contributed by atoms with Crippen LogP contribution in [0.5, 0.6) is 5.75 Å². The zero-order valence-electron chi connectivity index (χ0n) is 21.7. The van der Waals surface area contributed by atoms with E-state index in [1.54, 1.807) is 19.1 Å². The maximum atomic E-state index is 14.0. The maximum absolute atomic E-state index is 14.0. The van der Waals surface area contributed by atoms with E-state index >= 15 is 0 Å². The van der Waals surface area contributed by atoms with Crippen molar-refractivity contribution in [2.45, 2.75) is 44.8 Å². The summed E-state index contributed by atoms with van der Waals surface area (Å²) in [5.41, 5.74) is -1.48. The fourth-order valence-electron chi connectivity index (χ4n) is 5.47. The van der Waals surface area contributed by atoms with Gasteiger partial charge >= 0.3 is 0 Å². The van der Waals surface area contributed by atoms with Gasteiger partial charge in [0.1, 0.15) is 17.2 Å². The van der Waals surface area contributed by atoms with E-state index in [0.717, 1.165) is 38.3 Å². The van der Waals surface area contributed by atoms with Crippen LogP contribution in [0.3, 0.4) is 0 Å². The lowest BCUT2D eigenvalue weighted by molar-refractivity contribution is 0.0482. The Kier molecular flexibility index (Phi) is 8.78. The molecule has 2 amide bonds. The van der Waals surface area contributed by atoms with E-state index in [1.807, 2.05) is 0 Å². The second kappa shape index (κ2) is 12.0. The van der Waals surface area contributed by atoms with Crippen molar-refractivity contribution in [3.05, 3.63) is 63.1 Å². The van der Waals surface area contributed by atoms with Crippen molar-refractivity contribution in [3.8, 4) is 5.75 Å². The quantitative estimate of drug-likeness (QED) is 0.592. The van der Waals surface area contributed by atoms with E-state index in [4.69, 9.17) is 4.74 Å². The Morgan fingerprint density at radius 1 is 1.18 bits per heavy atom. The first-order valence-corrected chi connectivity index (χ1v) is 12.9. The van der Waals surface area contributed by atoms with E-state index in [2.05, 4.69) is 10.2 Å². The van der Waals surface area contributed by atoms with Gasteiger partial charge in [-0.2, -0.15) is 0 Å². The lowest BCUT2D eigenvalue weighted by Crippen LogP contribution is -2.50. The summed E-state index contributed by atoms with van der Waals surface area (Å²) in [5, 5.41) is 13.4. The number of halogens is 2. The lowest BCUT2D eigenvalue weighted by Gasteiger charge is -2.41. The van der Waals surface area contributed by atoms with Crippen LogP contribution in [0.4, 0.5) is 8.78 Å². The van der Waals surface area contributed by atoms with Gasteiger partial charge in [0.05, 0.1) is 6.61 Å². The van der Waals surface area contributed by atoms with Gasteiger partial charge in [0.15, 0.2) is 11.4 Å². The SMILES string of the molecule is COCCN1CCn2cc(C(=O)NCc3ccc(F)cc3F)c(=O)c(O)c2C(=O)N(C)[C@H]2CCCC[C@H]2C1. The van der Waals surface area contributed by atoms with E-state index in [1.165, 1.54) is 16.8 Å². The molecular formula is C27H34F2N4O5. The summed E-state index contributed by atoms with van der Waals surface area (Å²) in [6.07, 6.45) is 5.16. The van der Waals surface area contributed by atoms with Gasteiger partial charge in [-0.3, -0.25) is 19.3 Å². The van der Waals surface area contributed by atoms with Gasteiger partial charge in [0, 0.05) is 70.7 Å². The molecule has 2 N–H and O–H groups in total. The van der Waals surface area contributed by atoms with Crippen LogP contribution < -0.4 is 10.7 Å². The highest BCUT2D eigenvalue weighted by atomic mass is 19.1. The molecule has 1 saturated carbocycles. The maximum Gasteiger partial charge on any atom is 0.274 e. The van der Waals surface area contributed by atoms with Gasteiger partial charge in [0.2, 0.25) is 5.43 Å². The Balaban J connectivity index is 1.67. The van der Waals surface area contributed by atoms with Crippen LogP contribution in [0, 0.1) is 17.6 Å². The van der Waals surface area contributed by atoms with Crippen LogP contribution in [-0.2, 0) is 17.8 Å². The summed E-state index contributed by atoms with van der Waals surface area (Å²) < 4.78 is 33.9. The topological polar surface area (TPSA) is 104 Å². The molecule has 1 aliphatic carbocycles. The largest absolute Gasteiger partial charge is 0.503 e. The number of ether oxygens (including phenoxy) is 1. The third kappa shape index (κ3) is 5.88. The number of pyridine rings is 1. The standard InChI is InChI=1S/C27H34F2N4O5/c1-31-22-6-4-3-5-18(22)15-32(11-12-38-2)9-10-33-16-20(24(34)25(35)23(33)27(31)37)26(36)30-14-17-7-8-19(28)13-21(17)29/h7-8,13,16,18,22,35H,3-6,9-12,14-15H2,1-2H3,(H,30,36)/t18-,22-/m0/s1. The van der Waals surface area contributed by atoms with Crippen LogP contribution >= 0.6 is 0 Å². The molecule has 0 bridgehead atoms. The molecule has 1 fully saturated rings. The zero-order valence-corrected chi connectivity index (χ0v) is 21.7. The average Bonchev–Trinajstić information content (AvgIpc) is 2.90. The number of methoxy groups -OCH3 is 1. The molecule has 38 heavy (non-hydrogen) atoms. The number of aromatic nitrogens is 1. The van der Waals surface area contributed by atoms with Crippen LogP contribution in [0.25, 0.3) is 0 Å². The molecule has 4 rings (SSSR count). The smallest absolute Gasteiger partial charge is 0.274 e. The zero-order chi connectivity index (χ0) is 27.4. The van der Waals surface area contributed by atoms with E-state index in [-0.39, 0.29) is 41.9 Å². The van der Waals surface area contributed by atoms with E-state index in [0.29, 0.717) is 25.8 Å². The fourth-order valence-corrected chi connectivity index (χ4v) is 5.47. The molecule has 1 aliphatic heterocycles. The normalized spacial score (nSPS) is 20.5. The monoisotopic (exact) mass is 532 g/mol. The minimum absolute atomic E-state index is 0.0377. The van der Waals surface area contributed by atoms with Crippen molar-refractivity contribution in [2.75, 3.05) is 40.4 Å². The summed E-state index contributed by atoms with van der Waals surface area (Å²) in [4.78, 5) is 43.4. The minimum atomic E-state index is -0.983. The average molecular weight is 533 g/mol. The highest BCUT2D eigenvalue weighted by molar-refractivity contribution is 5.98. The van der Waals surface area contributed by atoms with Gasteiger partial charge in [0.25, 0.3) is 11.8 Å². The molecule has 9 nitrogen and oxygen atoms in total. The first-order chi connectivity index (χ1) is 18.2. The number of carbonyl (C=O) groups excluding carboxylic acids is 2. The second-order valence-corrected chi connectivity index (χ2v) is 10.0. The highest BCUT2D eigenvalue weighted by Gasteiger charge is 2.36. The molecule has 0 spiro atoms. The summed E-state index contributed by atoms with van der Waals surface area (Å²) in [7, 11) is 3.33. The number of hydrogen-bond acceptors (Lipinski definition) is 6. The molecule has 2 aromatic rings. The lowest BCUT2D eigenvalue weighted by atomic mass is 9.83. The van der Waals surface area contributed by atoms with Crippen LogP contribution in [-0.4, -0.2) is 77.7 Å². The Hall–Kier alpha value is -3.31. The third-order valence-corrected chi connectivity index (χ3v) is 7.61. The summed E-state index contributed by atoms with van der Waals surface area (Å²) in [6.45, 7) is 2.46. The number of carbonyl (C=O) groups is 2. The summed E-state index contributed by atoms with van der Waals surface area (Å²) in [6, 6.07) is 2.92. The predicted octanol–water partition coefficient (Wildman–Crippen LogP) is 2.35. The Labute approximate surface area is 220 Å². The molecule has 0 radical (unpaired) electrons. The fraction of sp³-hybridized carbons (Fsp3) is 0.519. The van der Waals surface area contributed by atoms with Crippen molar-refractivity contribution in [1.82, 2.24) is 19.7 Å². The van der Waals surface area contributed by atoms with Crippen LogP contribution in [0.1, 0.15) is 52.1 Å². The molecule has 2 atom stereocenters. The van der Waals surface area contributed by atoms with E-state index < -0.39 is 34.6 Å². The molecule has 2 heterocycles. The molecular weight excluding hydrogens is 498 g/mol. The number of hydrogen-bond donors (Lipinski definition) is 2. The van der Waals surface area contributed by atoms with Gasteiger partial charge < -0.3 is 24.6 Å². The Bertz CT molecular complexity index is 1250. The predicted molar refractivity (Wildman–Crippen MR) is 136 cm³/mol. The Morgan fingerprint density at radius 3 is 2.68 bits per heavy atom. The van der Waals surface area contributed by atoms with Gasteiger partial charge in [-0.1, -0.05) is 18.9 Å². The van der Waals surface area contributed by atoms with Crippen molar-refractivity contribution in [2.24, 2.45) is 5.92 Å². The molecule has 11 heteroatoms. The molecule has 0 unspecified atom stereocenters. The Morgan fingerprint density at radius 2 is 1.95 bits per heavy atom. The number of aromatic hydroxyl groups is 1.